The summed E-state index contributed by atoms with van der Waals surface area (Å²) in [5, 5.41) is 0.236. The normalized spacial score (nSPS) is 14.9. The van der Waals surface area contributed by atoms with Crippen LogP contribution >= 0.6 is 11.6 Å². The van der Waals surface area contributed by atoms with E-state index in [1.165, 1.54) is 0 Å². The summed E-state index contributed by atoms with van der Waals surface area (Å²) in [6, 6.07) is 0. The molecule has 0 aliphatic heterocycles. The van der Waals surface area contributed by atoms with Gasteiger partial charge in [-0.15, -0.1) is 11.6 Å². The van der Waals surface area contributed by atoms with Gasteiger partial charge in [0.25, 0.3) is 0 Å². The maximum Gasteiger partial charge on any atom is 0.0432 e. The van der Waals surface area contributed by atoms with E-state index in [4.69, 9.17) is 11.6 Å². The molecule has 0 bridgehead atoms. The second-order valence-electron chi connectivity index (χ2n) is 11.2. The number of rotatable bonds is 0. The summed E-state index contributed by atoms with van der Waals surface area (Å²) >= 11 is 6.23. The molecule has 1 heteroatoms. The van der Waals surface area contributed by atoms with Crippen LogP contribution in [0.15, 0.2) is 0 Å². The molecule has 0 N–H and O–H groups in total. The lowest BCUT2D eigenvalue weighted by atomic mass is 9.56. The SMILES string of the molecule is CC(C)(C)C(C)(C)C(C)(C)C.CC(C)(C)C(Cl)C(C)(C)C. The Morgan fingerprint density at radius 1 is 0.476 bits per heavy atom. The van der Waals surface area contributed by atoms with Gasteiger partial charge in [0.05, 0.1) is 0 Å². The zero-order valence-corrected chi connectivity index (χ0v) is 18.2. The first kappa shape index (κ1) is 23.6. The van der Waals surface area contributed by atoms with E-state index in [2.05, 4.69) is 96.9 Å². The Morgan fingerprint density at radius 3 is 0.667 bits per heavy atom. The molecule has 0 aromatic carbocycles. The van der Waals surface area contributed by atoms with Crippen LogP contribution in [0.25, 0.3) is 0 Å². The Morgan fingerprint density at radius 2 is 0.667 bits per heavy atom. The second-order valence-corrected chi connectivity index (χ2v) is 11.7. The first-order valence-corrected chi connectivity index (χ1v) is 8.73. The van der Waals surface area contributed by atoms with Gasteiger partial charge in [0.1, 0.15) is 0 Å². The largest absolute Gasteiger partial charge is 0.122 e. The molecule has 0 aliphatic carbocycles. The van der Waals surface area contributed by atoms with Crippen molar-refractivity contribution in [3.05, 3.63) is 0 Å². The Balaban J connectivity index is 0. The van der Waals surface area contributed by atoms with Crippen LogP contribution in [-0.2, 0) is 0 Å². The molecule has 0 atom stereocenters. The zero-order chi connectivity index (χ0) is 18.1. The van der Waals surface area contributed by atoms with Gasteiger partial charge in [-0.1, -0.05) is 96.9 Å². The molecule has 0 saturated heterocycles. The van der Waals surface area contributed by atoms with Crippen LogP contribution in [0.5, 0.6) is 0 Å². The minimum atomic E-state index is 0.208. The molecule has 0 rings (SSSR count). The number of hydrogen-bond acceptors (Lipinski definition) is 0. The predicted molar refractivity (Wildman–Crippen MR) is 101 cm³/mol. The van der Waals surface area contributed by atoms with E-state index >= 15 is 0 Å². The molecule has 0 saturated carbocycles. The molecule has 0 amide bonds. The highest BCUT2D eigenvalue weighted by molar-refractivity contribution is 6.21. The summed E-state index contributed by atoms with van der Waals surface area (Å²) in [6.07, 6.45) is 0. The Hall–Kier alpha value is 0.290. The van der Waals surface area contributed by atoms with Gasteiger partial charge in [-0.05, 0) is 27.1 Å². The van der Waals surface area contributed by atoms with Crippen molar-refractivity contribution in [3.8, 4) is 0 Å². The third-order valence-corrected chi connectivity index (χ3v) is 6.58. The smallest absolute Gasteiger partial charge is 0.0432 e. The summed E-state index contributed by atoms with van der Waals surface area (Å²) in [4.78, 5) is 0. The van der Waals surface area contributed by atoms with Crippen LogP contribution in [0.4, 0.5) is 0 Å². The highest BCUT2D eigenvalue weighted by Crippen LogP contribution is 2.50. The maximum atomic E-state index is 6.23. The monoisotopic (exact) mass is 318 g/mol. The van der Waals surface area contributed by atoms with Crippen LogP contribution in [0.3, 0.4) is 0 Å². The van der Waals surface area contributed by atoms with Crippen molar-refractivity contribution in [1.82, 2.24) is 0 Å². The van der Waals surface area contributed by atoms with E-state index in [-0.39, 0.29) is 16.2 Å². The van der Waals surface area contributed by atoms with Gasteiger partial charge < -0.3 is 0 Å². The lowest BCUT2D eigenvalue weighted by Gasteiger charge is -2.49. The van der Waals surface area contributed by atoms with E-state index in [9.17, 15) is 0 Å². The highest BCUT2D eigenvalue weighted by atomic mass is 35.5. The van der Waals surface area contributed by atoms with Gasteiger partial charge in [0, 0.05) is 5.38 Å². The third-order valence-electron chi connectivity index (χ3n) is 5.27. The van der Waals surface area contributed by atoms with Crippen molar-refractivity contribution in [2.45, 2.75) is 102 Å². The van der Waals surface area contributed by atoms with Gasteiger partial charge >= 0.3 is 0 Å². The van der Waals surface area contributed by atoms with E-state index in [0.717, 1.165) is 0 Å². The number of halogens is 1. The molecular formula is C20H43Cl. The minimum absolute atomic E-state index is 0.208. The molecule has 0 aromatic heterocycles. The minimum Gasteiger partial charge on any atom is -0.122 e. The van der Waals surface area contributed by atoms with Gasteiger partial charge in [0.15, 0.2) is 0 Å². The maximum absolute atomic E-state index is 6.23. The summed E-state index contributed by atoms with van der Waals surface area (Å²) in [5.41, 5.74) is 1.55. The van der Waals surface area contributed by atoms with Gasteiger partial charge in [0.2, 0.25) is 0 Å². The summed E-state index contributed by atoms with van der Waals surface area (Å²) in [7, 11) is 0. The van der Waals surface area contributed by atoms with E-state index in [1.807, 2.05) is 0 Å². The average Bonchev–Trinajstić information content (AvgIpc) is 2.11. The first-order chi connectivity index (χ1) is 8.65. The predicted octanol–water partition coefficient (Wildman–Crippen LogP) is 7.79. The number of hydrogen-bond donors (Lipinski definition) is 0. The van der Waals surface area contributed by atoms with Crippen molar-refractivity contribution >= 4 is 11.6 Å². The molecule has 0 spiro atoms. The summed E-state index contributed by atoms with van der Waals surface area (Å²) < 4.78 is 0. The molecule has 0 aromatic rings. The van der Waals surface area contributed by atoms with Gasteiger partial charge in [-0.25, -0.2) is 0 Å². The van der Waals surface area contributed by atoms with E-state index in [1.54, 1.807) is 0 Å². The highest BCUT2D eigenvalue weighted by Gasteiger charge is 2.42. The Labute approximate surface area is 141 Å². The Bertz CT molecular complexity index is 267. The molecule has 0 heterocycles. The lowest BCUT2D eigenvalue weighted by Crippen LogP contribution is -2.41. The van der Waals surface area contributed by atoms with Crippen LogP contribution in [-0.4, -0.2) is 5.38 Å². The fourth-order valence-electron chi connectivity index (χ4n) is 2.42. The van der Waals surface area contributed by atoms with Crippen molar-refractivity contribution in [3.63, 3.8) is 0 Å². The third kappa shape index (κ3) is 7.40. The molecule has 21 heavy (non-hydrogen) atoms. The molecular weight excluding hydrogens is 276 g/mol. The molecule has 0 nitrogen and oxygen atoms in total. The van der Waals surface area contributed by atoms with Crippen LogP contribution in [0.2, 0.25) is 0 Å². The van der Waals surface area contributed by atoms with Crippen LogP contribution in [0.1, 0.15) is 96.9 Å². The quantitative estimate of drug-likeness (QED) is 0.400. The molecule has 130 valence electrons. The van der Waals surface area contributed by atoms with Crippen molar-refractivity contribution in [2.24, 2.45) is 27.1 Å². The average molecular weight is 319 g/mol. The van der Waals surface area contributed by atoms with Crippen LogP contribution in [0, 0.1) is 27.1 Å². The van der Waals surface area contributed by atoms with E-state index in [0.29, 0.717) is 16.2 Å². The van der Waals surface area contributed by atoms with Crippen molar-refractivity contribution in [2.75, 3.05) is 0 Å². The van der Waals surface area contributed by atoms with Gasteiger partial charge in [-0.3, -0.25) is 0 Å². The summed E-state index contributed by atoms with van der Waals surface area (Å²) in [5.74, 6) is 0. The first-order valence-electron chi connectivity index (χ1n) is 8.30. The fraction of sp³-hybridized carbons (Fsp3) is 1.00. The van der Waals surface area contributed by atoms with Gasteiger partial charge in [-0.2, -0.15) is 0 Å². The molecule has 0 aliphatic rings. The second kappa shape index (κ2) is 6.81. The fourth-order valence-corrected chi connectivity index (χ4v) is 2.42. The molecule has 0 unspecified atom stereocenters. The molecule has 0 fully saturated rings. The molecule has 0 radical (unpaired) electrons. The van der Waals surface area contributed by atoms with E-state index < -0.39 is 0 Å². The van der Waals surface area contributed by atoms with Crippen LogP contribution < -0.4 is 0 Å². The topological polar surface area (TPSA) is 0 Å². The van der Waals surface area contributed by atoms with Crippen molar-refractivity contribution < 1.29 is 0 Å². The Kier molecular flexibility index (Phi) is 7.64. The lowest BCUT2D eigenvalue weighted by molar-refractivity contribution is 0.00575. The zero-order valence-electron chi connectivity index (χ0n) is 17.5. The van der Waals surface area contributed by atoms with Crippen molar-refractivity contribution in [1.29, 1.82) is 0 Å². The standard InChI is InChI=1S/C11H24.C9H19Cl/c1-9(2,3)11(7,8)10(4,5)6;1-8(2,3)7(10)9(4,5)6/h1-8H3;7H,1-6H3. The summed E-state index contributed by atoms with van der Waals surface area (Å²) in [6.45, 7) is 31.7. The number of alkyl halides is 1.